The van der Waals surface area contributed by atoms with Gasteiger partial charge in [0.1, 0.15) is 18.2 Å². The van der Waals surface area contributed by atoms with Crippen molar-refractivity contribution in [1.29, 1.82) is 0 Å². The molecule has 0 bridgehead atoms. The van der Waals surface area contributed by atoms with Crippen molar-refractivity contribution < 1.29 is 33.7 Å². The molecule has 2 aromatic carbocycles. The van der Waals surface area contributed by atoms with E-state index in [0.29, 0.717) is 36.9 Å². The fraction of sp³-hybridized carbons (Fsp3) is 0.269. The minimum Gasteiger partial charge on any atom is -0.490 e. The topological polar surface area (TPSA) is 124 Å². The molecule has 2 heterocycles. The number of carboxylic acids is 2. The first-order valence-corrected chi connectivity index (χ1v) is 12.1. The molecule has 12 heteroatoms. The van der Waals surface area contributed by atoms with Gasteiger partial charge >= 0.3 is 18.0 Å². The molecule has 0 unspecified atom stereocenters. The van der Waals surface area contributed by atoms with Crippen molar-refractivity contribution in [3.05, 3.63) is 71.7 Å². The molecular formula is C26H28ClFN4O6. The fourth-order valence-electron chi connectivity index (χ4n) is 3.68. The summed E-state index contributed by atoms with van der Waals surface area (Å²) >= 11 is 6.21. The van der Waals surface area contributed by atoms with Gasteiger partial charge in [-0.15, -0.1) is 0 Å². The Labute approximate surface area is 223 Å². The molecule has 10 nitrogen and oxygen atoms in total. The van der Waals surface area contributed by atoms with Gasteiger partial charge in [0.2, 0.25) is 0 Å². The van der Waals surface area contributed by atoms with Crippen LogP contribution in [0.4, 0.5) is 9.18 Å². The number of likely N-dealkylation sites (N-methyl/N-ethyl adjacent to an activating group) is 1. The van der Waals surface area contributed by atoms with E-state index in [1.165, 1.54) is 12.1 Å². The molecule has 1 saturated heterocycles. The molecule has 4 rings (SSSR count). The lowest BCUT2D eigenvalue weighted by molar-refractivity contribution is -0.134. The van der Waals surface area contributed by atoms with Crippen LogP contribution in [-0.2, 0) is 9.59 Å². The summed E-state index contributed by atoms with van der Waals surface area (Å²) in [5.74, 6) is -2.06. The molecule has 3 N–H and O–H groups in total. The molecule has 0 spiro atoms. The number of hydrogen-bond acceptors (Lipinski definition) is 5. The lowest BCUT2D eigenvalue weighted by atomic mass is 10.2. The van der Waals surface area contributed by atoms with E-state index in [4.69, 9.17) is 26.6 Å². The Bertz CT molecular complexity index is 1300. The molecule has 202 valence electrons. The van der Waals surface area contributed by atoms with Crippen LogP contribution in [0.3, 0.4) is 0 Å². The predicted octanol–water partition coefficient (Wildman–Crippen LogP) is 3.47. The van der Waals surface area contributed by atoms with Crippen LogP contribution in [-0.4, -0.2) is 88.9 Å². The molecule has 0 saturated carbocycles. The van der Waals surface area contributed by atoms with Crippen molar-refractivity contribution in [2.24, 2.45) is 0 Å². The van der Waals surface area contributed by atoms with Crippen molar-refractivity contribution in [2.45, 2.75) is 0 Å². The van der Waals surface area contributed by atoms with Crippen LogP contribution in [0, 0.1) is 5.82 Å². The van der Waals surface area contributed by atoms with Gasteiger partial charge in [0.15, 0.2) is 0 Å². The number of carboxylic acid groups (broad SMARTS) is 2. The number of benzene rings is 2. The first-order valence-electron chi connectivity index (χ1n) is 11.7. The standard InChI is InChI=1S/C22H24ClFN4O2.C4H4O4/c1-26(10-11-27-9-8-25-22(27)29)12-13-30-21-15-28(18-5-3-17(24)4-6-18)20-7-2-16(23)14-19(20)21;5-3(6)1-2-4(7)8/h2-7,14-15H,8-13H2,1H3,(H,25,29);1-2H,(H,5,6)(H,7,8). The summed E-state index contributed by atoms with van der Waals surface area (Å²) in [5, 5.41) is 20.0. The smallest absolute Gasteiger partial charge is 0.328 e. The predicted molar refractivity (Wildman–Crippen MR) is 141 cm³/mol. The Kier molecular flexibility index (Phi) is 10.1. The van der Waals surface area contributed by atoms with E-state index < -0.39 is 11.9 Å². The second kappa shape index (κ2) is 13.5. The Balaban J connectivity index is 0.000000436. The van der Waals surface area contributed by atoms with E-state index in [2.05, 4.69) is 10.2 Å². The largest absolute Gasteiger partial charge is 0.490 e. The summed E-state index contributed by atoms with van der Waals surface area (Å²) in [4.78, 5) is 34.7. The van der Waals surface area contributed by atoms with Gasteiger partial charge in [0, 0.05) is 61.0 Å². The monoisotopic (exact) mass is 546 g/mol. The number of carbonyl (C=O) groups is 3. The normalized spacial score (nSPS) is 13.1. The first kappa shape index (κ1) is 28.5. The summed E-state index contributed by atoms with van der Waals surface area (Å²) in [7, 11) is 2.01. The van der Waals surface area contributed by atoms with Gasteiger partial charge in [-0.05, 0) is 49.5 Å². The summed E-state index contributed by atoms with van der Waals surface area (Å²) in [5.41, 5.74) is 1.79. The maximum absolute atomic E-state index is 13.3. The number of urea groups is 1. The number of amides is 2. The summed E-state index contributed by atoms with van der Waals surface area (Å²) < 4.78 is 21.4. The highest BCUT2D eigenvalue weighted by atomic mass is 35.5. The molecule has 3 aromatic rings. The van der Waals surface area contributed by atoms with E-state index >= 15 is 0 Å². The van der Waals surface area contributed by atoms with E-state index in [-0.39, 0.29) is 11.8 Å². The zero-order valence-corrected chi connectivity index (χ0v) is 21.4. The first-order chi connectivity index (χ1) is 18.1. The number of ether oxygens (including phenoxy) is 1. The molecule has 0 atom stereocenters. The van der Waals surface area contributed by atoms with Gasteiger partial charge in [-0.3, -0.25) is 0 Å². The highest BCUT2D eigenvalue weighted by molar-refractivity contribution is 6.31. The lowest BCUT2D eigenvalue weighted by Gasteiger charge is -2.20. The highest BCUT2D eigenvalue weighted by Crippen LogP contribution is 2.32. The third kappa shape index (κ3) is 8.22. The average Bonchev–Trinajstić information content (AvgIpc) is 3.45. The third-order valence-electron chi connectivity index (χ3n) is 5.63. The van der Waals surface area contributed by atoms with Gasteiger partial charge < -0.3 is 34.6 Å². The van der Waals surface area contributed by atoms with E-state index in [1.54, 1.807) is 12.1 Å². The molecule has 1 aliphatic heterocycles. The average molecular weight is 547 g/mol. The number of nitrogens with one attached hydrogen (secondary N) is 1. The molecule has 0 radical (unpaired) electrons. The van der Waals surface area contributed by atoms with Crippen molar-refractivity contribution in [2.75, 3.05) is 46.4 Å². The van der Waals surface area contributed by atoms with Crippen LogP contribution in [0.15, 0.2) is 60.8 Å². The number of carbonyl (C=O) groups excluding carboxylic acids is 1. The maximum atomic E-state index is 13.3. The van der Waals surface area contributed by atoms with Crippen LogP contribution in [0.1, 0.15) is 0 Å². The van der Waals surface area contributed by atoms with E-state index in [0.717, 1.165) is 42.0 Å². The van der Waals surface area contributed by atoms with Crippen LogP contribution in [0.5, 0.6) is 5.75 Å². The van der Waals surface area contributed by atoms with Crippen LogP contribution >= 0.6 is 11.6 Å². The number of aliphatic carboxylic acids is 2. The second-order valence-electron chi connectivity index (χ2n) is 8.38. The summed E-state index contributed by atoms with van der Waals surface area (Å²) in [6.45, 7) is 4.16. The number of fused-ring (bicyclic) bond motifs is 1. The molecule has 1 aromatic heterocycles. The van der Waals surface area contributed by atoms with E-state index in [9.17, 15) is 18.8 Å². The number of nitrogens with zero attached hydrogens (tertiary/aromatic N) is 3. The van der Waals surface area contributed by atoms with Crippen molar-refractivity contribution in [3.8, 4) is 11.4 Å². The summed E-state index contributed by atoms with van der Waals surface area (Å²) in [6.07, 6.45) is 3.02. The summed E-state index contributed by atoms with van der Waals surface area (Å²) in [6, 6.07) is 12.0. The lowest BCUT2D eigenvalue weighted by Crippen LogP contribution is -2.36. The Morgan fingerprint density at radius 2 is 1.82 bits per heavy atom. The van der Waals surface area contributed by atoms with Crippen molar-refractivity contribution in [3.63, 3.8) is 0 Å². The zero-order valence-electron chi connectivity index (χ0n) is 20.6. The number of halogens is 2. The van der Waals surface area contributed by atoms with Gasteiger partial charge in [0.05, 0.1) is 11.7 Å². The van der Waals surface area contributed by atoms with Gasteiger partial charge in [-0.25, -0.2) is 18.8 Å². The number of hydrogen-bond donors (Lipinski definition) is 3. The van der Waals surface area contributed by atoms with Crippen LogP contribution in [0.25, 0.3) is 16.6 Å². The maximum Gasteiger partial charge on any atom is 0.328 e. The second-order valence-corrected chi connectivity index (χ2v) is 8.82. The van der Waals surface area contributed by atoms with Gasteiger partial charge in [-0.1, -0.05) is 11.6 Å². The fourth-order valence-corrected chi connectivity index (χ4v) is 3.86. The van der Waals surface area contributed by atoms with Crippen LogP contribution < -0.4 is 10.1 Å². The Hall–Kier alpha value is -4.09. The Morgan fingerprint density at radius 1 is 1.13 bits per heavy atom. The minimum absolute atomic E-state index is 0.00475. The van der Waals surface area contributed by atoms with Gasteiger partial charge in [0.25, 0.3) is 0 Å². The molecule has 0 aliphatic carbocycles. The van der Waals surface area contributed by atoms with Crippen molar-refractivity contribution >= 4 is 40.5 Å². The molecule has 2 amide bonds. The van der Waals surface area contributed by atoms with Crippen molar-refractivity contribution in [1.82, 2.24) is 19.7 Å². The zero-order chi connectivity index (χ0) is 27.7. The van der Waals surface area contributed by atoms with Gasteiger partial charge in [-0.2, -0.15) is 0 Å². The minimum atomic E-state index is -1.26. The Morgan fingerprint density at radius 3 is 2.42 bits per heavy atom. The number of rotatable bonds is 10. The third-order valence-corrected chi connectivity index (χ3v) is 5.87. The molecular weight excluding hydrogens is 519 g/mol. The molecule has 38 heavy (non-hydrogen) atoms. The SMILES string of the molecule is CN(CCOc1cn(-c2ccc(F)cc2)c2ccc(Cl)cc12)CCN1CCNC1=O.O=C(O)C=CC(=O)O. The van der Waals surface area contributed by atoms with Crippen LogP contribution in [0.2, 0.25) is 5.02 Å². The van der Waals surface area contributed by atoms with E-state index in [1.807, 2.05) is 40.9 Å². The highest BCUT2D eigenvalue weighted by Gasteiger charge is 2.19. The number of aromatic nitrogens is 1. The molecule has 1 fully saturated rings. The quantitative estimate of drug-likeness (QED) is 0.333. The molecule has 1 aliphatic rings.